The maximum absolute atomic E-state index is 12.0. The topological polar surface area (TPSA) is 67.4 Å². The second-order valence-corrected chi connectivity index (χ2v) is 6.51. The minimum absolute atomic E-state index is 0.163. The minimum Gasteiger partial charge on any atom is -0.483 e. The molecule has 0 heterocycles. The van der Waals surface area contributed by atoms with E-state index in [4.69, 9.17) is 4.74 Å². The Bertz CT molecular complexity index is 740. The summed E-state index contributed by atoms with van der Waals surface area (Å²) in [5.41, 5.74) is 1.92. The largest absolute Gasteiger partial charge is 0.483 e. The van der Waals surface area contributed by atoms with Gasteiger partial charge in [0.1, 0.15) is 5.75 Å². The summed E-state index contributed by atoms with van der Waals surface area (Å²) in [6.07, 6.45) is 5.41. The Morgan fingerprint density at radius 3 is 2.38 bits per heavy atom. The van der Waals surface area contributed by atoms with E-state index in [1.54, 1.807) is 0 Å². The van der Waals surface area contributed by atoms with Crippen molar-refractivity contribution >= 4 is 11.9 Å². The van der Waals surface area contributed by atoms with Crippen LogP contribution in [-0.2, 0) is 4.79 Å². The zero-order chi connectivity index (χ0) is 18.2. The van der Waals surface area contributed by atoms with E-state index in [9.17, 15) is 9.59 Å². The summed E-state index contributed by atoms with van der Waals surface area (Å²) in [7, 11) is 0. The molecule has 5 nitrogen and oxygen atoms in total. The fourth-order valence-electron chi connectivity index (χ4n) is 3.22. The zero-order valence-corrected chi connectivity index (χ0v) is 14.7. The molecule has 26 heavy (non-hydrogen) atoms. The van der Waals surface area contributed by atoms with Gasteiger partial charge in [-0.1, -0.05) is 67.8 Å². The van der Waals surface area contributed by atoms with Gasteiger partial charge in [-0.15, -0.1) is 0 Å². The van der Waals surface area contributed by atoms with Crippen LogP contribution in [0.5, 0.6) is 5.75 Å². The molecule has 136 valence electrons. The van der Waals surface area contributed by atoms with E-state index in [-0.39, 0.29) is 12.6 Å². The number of nitrogens with one attached hydrogen (secondary N) is 2. The number of para-hydroxylation sites is 1. The number of urea groups is 1. The third-order valence-electron chi connectivity index (χ3n) is 4.52. The zero-order valence-electron chi connectivity index (χ0n) is 14.7. The van der Waals surface area contributed by atoms with Gasteiger partial charge in [0, 0.05) is 11.6 Å². The maximum atomic E-state index is 12.0. The predicted molar refractivity (Wildman–Crippen MR) is 101 cm³/mol. The Balaban J connectivity index is 1.52. The number of amides is 3. The van der Waals surface area contributed by atoms with E-state index in [0.717, 1.165) is 36.8 Å². The summed E-state index contributed by atoms with van der Waals surface area (Å²) in [5.74, 6) is 0.155. The van der Waals surface area contributed by atoms with Gasteiger partial charge >= 0.3 is 6.03 Å². The molecule has 0 atom stereocenters. The number of benzene rings is 2. The highest BCUT2D eigenvalue weighted by Gasteiger charge is 2.17. The Morgan fingerprint density at radius 2 is 1.62 bits per heavy atom. The first-order chi connectivity index (χ1) is 12.7. The first-order valence-corrected chi connectivity index (χ1v) is 9.10. The van der Waals surface area contributed by atoms with Gasteiger partial charge in [-0.2, -0.15) is 0 Å². The van der Waals surface area contributed by atoms with Crippen LogP contribution in [0.25, 0.3) is 11.1 Å². The molecule has 0 bridgehead atoms. The van der Waals surface area contributed by atoms with Crippen molar-refractivity contribution in [1.82, 2.24) is 10.6 Å². The van der Waals surface area contributed by atoms with Crippen LogP contribution in [0.3, 0.4) is 0 Å². The van der Waals surface area contributed by atoms with Crippen molar-refractivity contribution in [2.75, 3.05) is 6.61 Å². The molecule has 1 aliphatic carbocycles. The van der Waals surface area contributed by atoms with Crippen LogP contribution in [0.2, 0.25) is 0 Å². The summed E-state index contributed by atoms with van der Waals surface area (Å²) in [6, 6.07) is 17.1. The lowest BCUT2D eigenvalue weighted by molar-refractivity contribution is -0.122. The molecule has 0 aromatic heterocycles. The Labute approximate surface area is 153 Å². The summed E-state index contributed by atoms with van der Waals surface area (Å²) in [4.78, 5) is 23.9. The molecule has 3 amide bonds. The number of imide groups is 1. The van der Waals surface area contributed by atoms with Crippen LogP contribution in [0.15, 0.2) is 54.6 Å². The molecule has 2 aromatic carbocycles. The molecule has 1 saturated carbocycles. The number of carbonyl (C=O) groups is 2. The van der Waals surface area contributed by atoms with Crippen LogP contribution in [-0.4, -0.2) is 24.6 Å². The summed E-state index contributed by atoms with van der Waals surface area (Å²) in [6.45, 7) is -0.206. The number of carbonyl (C=O) groups excluding carboxylic acids is 2. The van der Waals surface area contributed by atoms with E-state index >= 15 is 0 Å². The molecule has 1 aliphatic rings. The van der Waals surface area contributed by atoms with Crippen molar-refractivity contribution in [2.45, 2.75) is 38.1 Å². The van der Waals surface area contributed by atoms with E-state index in [1.807, 2.05) is 54.6 Å². The second kappa shape index (κ2) is 9.04. The van der Waals surface area contributed by atoms with Gasteiger partial charge in [0.05, 0.1) is 0 Å². The van der Waals surface area contributed by atoms with Gasteiger partial charge in [-0.05, 0) is 24.5 Å². The number of hydrogen-bond donors (Lipinski definition) is 2. The average molecular weight is 352 g/mol. The predicted octanol–water partition coefficient (Wildman–Crippen LogP) is 3.89. The van der Waals surface area contributed by atoms with Gasteiger partial charge in [-0.3, -0.25) is 10.1 Å². The Hall–Kier alpha value is -2.82. The van der Waals surface area contributed by atoms with Gasteiger partial charge in [0.25, 0.3) is 5.91 Å². The normalized spacial score (nSPS) is 14.5. The summed E-state index contributed by atoms with van der Waals surface area (Å²) in [5, 5.41) is 5.20. The van der Waals surface area contributed by atoms with Gasteiger partial charge < -0.3 is 10.1 Å². The van der Waals surface area contributed by atoms with E-state index < -0.39 is 11.9 Å². The third-order valence-corrected chi connectivity index (χ3v) is 4.52. The molecular weight excluding hydrogens is 328 g/mol. The van der Waals surface area contributed by atoms with Crippen molar-refractivity contribution in [3.63, 3.8) is 0 Å². The first-order valence-electron chi connectivity index (χ1n) is 9.10. The number of hydrogen-bond acceptors (Lipinski definition) is 3. The number of ether oxygens (including phenoxy) is 1. The second-order valence-electron chi connectivity index (χ2n) is 6.51. The van der Waals surface area contributed by atoms with Crippen molar-refractivity contribution in [2.24, 2.45) is 0 Å². The minimum atomic E-state index is -0.457. The fourth-order valence-corrected chi connectivity index (χ4v) is 3.22. The molecule has 0 saturated heterocycles. The monoisotopic (exact) mass is 352 g/mol. The van der Waals surface area contributed by atoms with Crippen molar-refractivity contribution < 1.29 is 14.3 Å². The Kier molecular flexibility index (Phi) is 6.25. The molecular formula is C21H24N2O3. The molecule has 5 heteroatoms. The third kappa shape index (κ3) is 5.09. The molecule has 0 aliphatic heterocycles. The van der Waals surface area contributed by atoms with Crippen LogP contribution in [0.1, 0.15) is 32.1 Å². The molecule has 0 unspecified atom stereocenters. The average Bonchev–Trinajstić information content (AvgIpc) is 2.68. The van der Waals surface area contributed by atoms with Gasteiger partial charge in [0.15, 0.2) is 6.61 Å². The van der Waals surface area contributed by atoms with E-state index in [2.05, 4.69) is 10.6 Å². The van der Waals surface area contributed by atoms with Crippen molar-refractivity contribution in [1.29, 1.82) is 0 Å². The smallest absolute Gasteiger partial charge is 0.321 e. The number of rotatable bonds is 5. The molecule has 0 spiro atoms. The highest BCUT2D eigenvalue weighted by atomic mass is 16.5. The fraction of sp³-hybridized carbons (Fsp3) is 0.333. The maximum Gasteiger partial charge on any atom is 0.321 e. The highest BCUT2D eigenvalue weighted by molar-refractivity contribution is 5.95. The van der Waals surface area contributed by atoms with Crippen molar-refractivity contribution in [3.05, 3.63) is 54.6 Å². The highest BCUT2D eigenvalue weighted by Crippen LogP contribution is 2.29. The van der Waals surface area contributed by atoms with Gasteiger partial charge in [0.2, 0.25) is 0 Å². The van der Waals surface area contributed by atoms with Gasteiger partial charge in [-0.25, -0.2) is 4.79 Å². The van der Waals surface area contributed by atoms with Crippen LogP contribution >= 0.6 is 0 Å². The molecule has 3 rings (SSSR count). The lowest BCUT2D eigenvalue weighted by atomic mass is 9.96. The first kappa shape index (κ1) is 18.0. The molecule has 0 radical (unpaired) electrons. The summed E-state index contributed by atoms with van der Waals surface area (Å²) >= 11 is 0. The lowest BCUT2D eigenvalue weighted by Crippen LogP contribution is -2.46. The lowest BCUT2D eigenvalue weighted by Gasteiger charge is -2.22. The molecule has 1 fully saturated rings. The van der Waals surface area contributed by atoms with Crippen LogP contribution < -0.4 is 15.4 Å². The molecule has 2 N–H and O–H groups in total. The van der Waals surface area contributed by atoms with E-state index in [0.29, 0.717) is 5.75 Å². The van der Waals surface area contributed by atoms with Crippen molar-refractivity contribution in [3.8, 4) is 16.9 Å². The molecule has 2 aromatic rings. The van der Waals surface area contributed by atoms with Crippen LogP contribution in [0, 0.1) is 0 Å². The Morgan fingerprint density at radius 1 is 0.923 bits per heavy atom. The quantitative estimate of drug-likeness (QED) is 0.858. The van der Waals surface area contributed by atoms with E-state index in [1.165, 1.54) is 6.42 Å². The summed E-state index contributed by atoms with van der Waals surface area (Å²) < 4.78 is 5.65. The standard InChI is InChI=1S/C21H24N2O3/c24-20(23-21(25)22-17-11-5-2-6-12-17)15-26-19-14-8-7-13-18(19)16-9-3-1-4-10-16/h1,3-4,7-10,13-14,17H,2,5-6,11-12,15H2,(H2,22,23,24,25). The van der Waals surface area contributed by atoms with Crippen LogP contribution in [0.4, 0.5) is 4.79 Å². The SMILES string of the molecule is O=C(COc1ccccc1-c1ccccc1)NC(=O)NC1CCCCC1.